The maximum Gasteiger partial charge on any atom is 0.214 e. The van der Waals surface area contributed by atoms with Gasteiger partial charge in [-0.2, -0.15) is 5.26 Å². The molecule has 0 atom stereocenters. The van der Waals surface area contributed by atoms with E-state index in [0.717, 1.165) is 11.8 Å². The van der Waals surface area contributed by atoms with Gasteiger partial charge in [0.1, 0.15) is 17.4 Å². The Morgan fingerprint density at radius 2 is 2.28 bits per heavy atom. The van der Waals surface area contributed by atoms with E-state index in [1.165, 1.54) is 16.8 Å². The number of halogens is 1. The molecule has 0 aliphatic rings. The minimum absolute atomic E-state index is 0.0106. The Bertz CT molecular complexity index is 616. The van der Waals surface area contributed by atoms with Gasteiger partial charge in [0.05, 0.1) is 0 Å². The molecular weight excluding hydrogens is 253 g/mol. The average molecular weight is 263 g/mol. The molecule has 1 aromatic carbocycles. The number of nitrogens with zero attached hydrogens (tertiary/aromatic N) is 4. The van der Waals surface area contributed by atoms with Crippen LogP contribution in [-0.4, -0.2) is 14.9 Å². The van der Waals surface area contributed by atoms with Crippen molar-refractivity contribution < 1.29 is 4.39 Å². The molecule has 0 unspecified atom stereocenters. The molecular formula is C11H10FN5S. The zero-order valence-corrected chi connectivity index (χ0v) is 10.4. The fourth-order valence-electron chi connectivity index (χ4n) is 1.41. The van der Waals surface area contributed by atoms with Gasteiger partial charge in [-0.25, -0.2) is 9.07 Å². The van der Waals surface area contributed by atoms with E-state index in [1.54, 1.807) is 6.07 Å². The lowest BCUT2D eigenvalue weighted by molar-refractivity contribution is 0.619. The third-order valence-electron chi connectivity index (χ3n) is 2.34. The van der Waals surface area contributed by atoms with Crippen molar-refractivity contribution in [2.24, 2.45) is 0 Å². The quantitative estimate of drug-likeness (QED) is 0.853. The SMILES string of the molecule is CCc1nnc(Sc2cccc(F)c2C#N)n1N. The van der Waals surface area contributed by atoms with Gasteiger partial charge in [-0.1, -0.05) is 13.0 Å². The first-order valence-electron chi connectivity index (χ1n) is 5.23. The van der Waals surface area contributed by atoms with Crippen LogP contribution in [0.3, 0.4) is 0 Å². The summed E-state index contributed by atoms with van der Waals surface area (Å²) in [6, 6.07) is 6.26. The molecule has 92 valence electrons. The Hall–Kier alpha value is -2.07. The van der Waals surface area contributed by atoms with E-state index in [2.05, 4.69) is 10.2 Å². The number of nitrogen functional groups attached to an aromatic ring is 1. The van der Waals surface area contributed by atoms with Crippen LogP contribution in [0, 0.1) is 17.1 Å². The van der Waals surface area contributed by atoms with Gasteiger partial charge in [-0.05, 0) is 23.9 Å². The summed E-state index contributed by atoms with van der Waals surface area (Å²) in [5.74, 6) is 5.86. The second kappa shape index (κ2) is 5.06. The van der Waals surface area contributed by atoms with Crippen molar-refractivity contribution in [1.82, 2.24) is 14.9 Å². The molecule has 0 radical (unpaired) electrons. The van der Waals surface area contributed by atoms with E-state index in [0.29, 0.717) is 22.3 Å². The van der Waals surface area contributed by atoms with Gasteiger partial charge in [-0.15, -0.1) is 10.2 Å². The molecule has 2 rings (SSSR count). The van der Waals surface area contributed by atoms with Crippen LogP contribution in [0.1, 0.15) is 18.3 Å². The zero-order valence-electron chi connectivity index (χ0n) is 9.59. The van der Waals surface area contributed by atoms with Crippen molar-refractivity contribution >= 4 is 11.8 Å². The molecule has 0 aliphatic carbocycles. The molecule has 1 aromatic heterocycles. The van der Waals surface area contributed by atoms with E-state index in [-0.39, 0.29) is 5.56 Å². The summed E-state index contributed by atoms with van der Waals surface area (Å²) in [5, 5.41) is 17.2. The van der Waals surface area contributed by atoms with Crippen molar-refractivity contribution in [3.05, 3.63) is 35.4 Å². The summed E-state index contributed by atoms with van der Waals surface area (Å²) in [6.45, 7) is 1.91. The zero-order chi connectivity index (χ0) is 13.1. The molecule has 0 amide bonds. The van der Waals surface area contributed by atoms with E-state index < -0.39 is 5.82 Å². The van der Waals surface area contributed by atoms with Gasteiger partial charge >= 0.3 is 0 Å². The van der Waals surface area contributed by atoms with Crippen LogP contribution in [0.5, 0.6) is 0 Å². The lowest BCUT2D eigenvalue weighted by Crippen LogP contribution is -2.13. The number of nitrogens with two attached hydrogens (primary N) is 1. The summed E-state index contributed by atoms with van der Waals surface area (Å²) >= 11 is 1.12. The van der Waals surface area contributed by atoms with Crippen molar-refractivity contribution in [3.8, 4) is 6.07 Å². The Balaban J connectivity index is 2.38. The van der Waals surface area contributed by atoms with Gasteiger partial charge in [0.15, 0.2) is 5.82 Å². The van der Waals surface area contributed by atoms with Crippen molar-refractivity contribution in [2.45, 2.75) is 23.4 Å². The van der Waals surface area contributed by atoms with E-state index in [9.17, 15) is 4.39 Å². The Morgan fingerprint density at radius 3 is 2.89 bits per heavy atom. The summed E-state index contributed by atoms with van der Waals surface area (Å²) < 4.78 is 14.8. The first-order valence-corrected chi connectivity index (χ1v) is 6.04. The van der Waals surface area contributed by atoms with Gasteiger partial charge < -0.3 is 5.84 Å². The van der Waals surface area contributed by atoms with Crippen LogP contribution in [0.15, 0.2) is 28.3 Å². The first-order chi connectivity index (χ1) is 8.67. The fraction of sp³-hybridized carbons (Fsp3) is 0.182. The normalized spacial score (nSPS) is 10.3. The minimum Gasteiger partial charge on any atom is -0.336 e. The molecule has 2 N–H and O–H groups in total. The number of nitriles is 1. The van der Waals surface area contributed by atoms with Crippen molar-refractivity contribution in [2.75, 3.05) is 5.84 Å². The maximum atomic E-state index is 13.4. The molecule has 7 heteroatoms. The third-order valence-corrected chi connectivity index (χ3v) is 3.36. The van der Waals surface area contributed by atoms with E-state index in [1.807, 2.05) is 13.0 Å². The lowest BCUT2D eigenvalue weighted by Gasteiger charge is -2.04. The van der Waals surface area contributed by atoms with Crippen LogP contribution in [-0.2, 0) is 6.42 Å². The molecule has 0 fully saturated rings. The number of hydrogen-bond donors (Lipinski definition) is 1. The highest BCUT2D eigenvalue weighted by Crippen LogP contribution is 2.29. The molecule has 18 heavy (non-hydrogen) atoms. The topological polar surface area (TPSA) is 80.5 Å². The number of aryl methyl sites for hydroxylation is 1. The highest BCUT2D eigenvalue weighted by molar-refractivity contribution is 7.99. The summed E-state index contributed by atoms with van der Waals surface area (Å²) in [7, 11) is 0. The summed E-state index contributed by atoms with van der Waals surface area (Å²) in [6.07, 6.45) is 0.651. The smallest absolute Gasteiger partial charge is 0.214 e. The van der Waals surface area contributed by atoms with Gasteiger partial charge in [-0.3, -0.25) is 0 Å². The van der Waals surface area contributed by atoms with E-state index in [4.69, 9.17) is 11.1 Å². The number of rotatable bonds is 3. The van der Waals surface area contributed by atoms with Crippen molar-refractivity contribution in [1.29, 1.82) is 5.26 Å². The van der Waals surface area contributed by atoms with Crippen LogP contribution >= 0.6 is 11.8 Å². The highest BCUT2D eigenvalue weighted by Gasteiger charge is 2.14. The van der Waals surface area contributed by atoms with Crippen LogP contribution < -0.4 is 5.84 Å². The van der Waals surface area contributed by atoms with Crippen LogP contribution in [0.2, 0.25) is 0 Å². The predicted octanol–water partition coefficient (Wildman–Crippen LogP) is 1.72. The van der Waals surface area contributed by atoms with Gasteiger partial charge in [0, 0.05) is 11.3 Å². The molecule has 0 aliphatic heterocycles. The van der Waals surface area contributed by atoms with Crippen molar-refractivity contribution in [3.63, 3.8) is 0 Å². The van der Waals surface area contributed by atoms with E-state index >= 15 is 0 Å². The standard InChI is InChI=1S/C11H10FN5S/c1-2-10-15-16-11(17(10)14)18-9-5-3-4-8(12)7(9)6-13/h3-5H,2,14H2,1H3. The lowest BCUT2D eigenvalue weighted by atomic mass is 10.2. The second-order valence-corrected chi connectivity index (χ2v) is 4.46. The van der Waals surface area contributed by atoms with Gasteiger partial charge in [0.25, 0.3) is 0 Å². The largest absolute Gasteiger partial charge is 0.336 e. The Morgan fingerprint density at radius 1 is 1.50 bits per heavy atom. The molecule has 1 heterocycles. The molecule has 5 nitrogen and oxygen atoms in total. The third kappa shape index (κ3) is 2.15. The number of hydrogen-bond acceptors (Lipinski definition) is 5. The second-order valence-electron chi connectivity index (χ2n) is 3.45. The van der Waals surface area contributed by atoms with Crippen LogP contribution in [0.25, 0.3) is 0 Å². The summed E-state index contributed by atoms with van der Waals surface area (Å²) in [5.41, 5.74) is -0.0106. The predicted molar refractivity (Wildman–Crippen MR) is 64.8 cm³/mol. The molecule has 0 bridgehead atoms. The Kier molecular flexibility index (Phi) is 3.48. The molecule has 0 saturated heterocycles. The highest BCUT2D eigenvalue weighted by atomic mass is 32.2. The van der Waals surface area contributed by atoms with Gasteiger partial charge in [0.2, 0.25) is 5.16 Å². The molecule has 2 aromatic rings. The molecule has 0 saturated carbocycles. The Labute approximate surface area is 107 Å². The fourth-order valence-corrected chi connectivity index (χ4v) is 2.29. The number of benzene rings is 1. The summed E-state index contributed by atoms with van der Waals surface area (Å²) in [4.78, 5) is 0.472. The monoisotopic (exact) mass is 263 g/mol. The first kappa shape index (κ1) is 12.4. The average Bonchev–Trinajstić information content (AvgIpc) is 2.71. The maximum absolute atomic E-state index is 13.4. The minimum atomic E-state index is -0.554. The van der Waals surface area contributed by atoms with Crippen LogP contribution in [0.4, 0.5) is 4.39 Å². The molecule has 0 spiro atoms. The number of aromatic nitrogens is 3.